The van der Waals surface area contributed by atoms with E-state index in [1.165, 1.54) is 11.8 Å². The van der Waals surface area contributed by atoms with Crippen LogP contribution in [0.1, 0.15) is 28.8 Å². The zero-order chi connectivity index (χ0) is 14.5. The predicted octanol–water partition coefficient (Wildman–Crippen LogP) is 2.44. The number of halogens is 1. The van der Waals surface area contributed by atoms with E-state index in [1.807, 2.05) is 30.3 Å². The summed E-state index contributed by atoms with van der Waals surface area (Å²) in [6.07, 6.45) is 1.33. The van der Waals surface area contributed by atoms with Crippen LogP contribution in [0.3, 0.4) is 0 Å². The minimum absolute atomic E-state index is 0.0739. The van der Waals surface area contributed by atoms with Crippen molar-refractivity contribution in [3.63, 3.8) is 0 Å². The Morgan fingerprint density at radius 1 is 1.40 bits per heavy atom. The molecular formula is C14H15ClN4O. The molecule has 0 radical (unpaired) electrons. The molecule has 0 saturated carbocycles. The molecule has 0 saturated heterocycles. The molecule has 1 aromatic carbocycles. The summed E-state index contributed by atoms with van der Waals surface area (Å²) in [7, 11) is 0. The highest BCUT2D eigenvalue weighted by molar-refractivity contribution is 6.28. The molecular weight excluding hydrogens is 276 g/mol. The largest absolute Gasteiger partial charge is 0.369 e. The van der Waals surface area contributed by atoms with Gasteiger partial charge in [0.2, 0.25) is 5.28 Å². The van der Waals surface area contributed by atoms with E-state index >= 15 is 0 Å². The zero-order valence-corrected chi connectivity index (χ0v) is 11.8. The van der Waals surface area contributed by atoms with E-state index in [0.29, 0.717) is 12.4 Å². The molecule has 0 spiro atoms. The Morgan fingerprint density at radius 2 is 2.10 bits per heavy atom. The number of anilines is 1. The van der Waals surface area contributed by atoms with Gasteiger partial charge in [-0.2, -0.15) is 4.98 Å². The van der Waals surface area contributed by atoms with E-state index in [9.17, 15) is 4.79 Å². The number of nitrogens with two attached hydrogens (primary N) is 1. The molecule has 0 unspecified atom stereocenters. The van der Waals surface area contributed by atoms with E-state index in [4.69, 9.17) is 17.3 Å². The normalized spacial score (nSPS) is 11.9. The fraction of sp³-hybridized carbons (Fsp3) is 0.214. The lowest BCUT2D eigenvalue weighted by molar-refractivity contribution is 0.100. The maximum Gasteiger partial charge on any atom is 0.254 e. The van der Waals surface area contributed by atoms with Gasteiger partial charge in [0, 0.05) is 12.7 Å². The van der Waals surface area contributed by atoms with Crippen molar-refractivity contribution in [2.24, 2.45) is 5.73 Å². The first-order chi connectivity index (χ1) is 9.58. The third-order valence-corrected chi connectivity index (χ3v) is 3.15. The lowest BCUT2D eigenvalue weighted by Gasteiger charge is -2.14. The van der Waals surface area contributed by atoms with Crippen LogP contribution in [0.4, 0.5) is 5.82 Å². The molecule has 0 aliphatic rings. The van der Waals surface area contributed by atoms with Crippen LogP contribution in [-0.4, -0.2) is 22.4 Å². The third-order valence-electron chi connectivity index (χ3n) is 2.97. The van der Waals surface area contributed by atoms with E-state index in [0.717, 1.165) is 0 Å². The highest BCUT2D eigenvalue weighted by Gasteiger charge is 2.12. The summed E-state index contributed by atoms with van der Waals surface area (Å²) in [6, 6.07) is 10.0. The fourth-order valence-electron chi connectivity index (χ4n) is 1.82. The highest BCUT2D eigenvalue weighted by Crippen LogP contribution is 2.18. The van der Waals surface area contributed by atoms with E-state index in [1.54, 1.807) is 0 Å². The summed E-state index contributed by atoms with van der Waals surface area (Å²) < 4.78 is 0. The van der Waals surface area contributed by atoms with Crippen molar-refractivity contribution in [1.82, 2.24) is 9.97 Å². The topological polar surface area (TPSA) is 80.9 Å². The average Bonchev–Trinajstić information content (AvgIpc) is 2.45. The second kappa shape index (κ2) is 6.34. The number of amides is 1. The number of nitrogens with one attached hydrogen (secondary N) is 1. The molecule has 0 aliphatic carbocycles. The first-order valence-electron chi connectivity index (χ1n) is 6.19. The minimum atomic E-state index is -0.587. The van der Waals surface area contributed by atoms with Crippen LogP contribution in [0, 0.1) is 0 Å². The van der Waals surface area contributed by atoms with Crippen LogP contribution in [0.5, 0.6) is 0 Å². The van der Waals surface area contributed by atoms with Crippen LogP contribution in [0.15, 0.2) is 36.5 Å². The van der Waals surface area contributed by atoms with Crippen LogP contribution in [0.2, 0.25) is 5.28 Å². The molecule has 1 aromatic heterocycles. The Morgan fingerprint density at radius 3 is 2.75 bits per heavy atom. The van der Waals surface area contributed by atoms with Gasteiger partial charge in [-0.3, -0.25) is 4.79 Å². The monoisotopic (exact) mass is 290 g/mol. The Bertz CT molecular complexity index is 603. The van der Waals surface area contributed by atoms with Crippen LogP contribution >= 0.6 is 11.6 Å². The van der Waals surface area contributed by atoms with Crippen LogP contribution in [-0.2, 0) is 0 Å². The van der Waals surface area contributed by atoms with Gasteiger partial charge in [-0.1, -0.05) is 37.3 Å². The Balaban J connectivity index is 2.11. The lowest BCUT2D eigenvalue weighted by atomic mass is 10.0. The average molecular weight is 291 g/mol. The second-order valence-corrected chi connectivity index (χ2v) is 4.80. The number of carbonyl (C=O) groups is 1. The number of hydrogen-bond acceptors (Lipinski definition) is 4. The Labute approximate surface area is 122 Å². The SMILES string of the molecule is C[C@@H](CNc1nc(Cl)ncc1C(N)=O)c1ccccc1. The first kappa shape index (κ1) is 14.3. The summed E-state index contributed by atoms with van der Waals surface area (Å²) in [5, 5.41) is 3.17. The molecule has 3 N–H and O–H groups in total. The van der Waals surface area contributed by atoms with Crippen molar-refractivity contribution in [2.75, 3.05) is 11.9 Å². The third kappa shape index (κ3) is 3.45. The van der Waals surface area contributed by atoms with E-state index in [2.05, 4.69) is 22.2 Å². The number of hydrogen-bond donors (Lipinski definition) is 2. The van der Waals surface area contributed by atoms with Crippen molar-refractivity contribution >= 4 is 23.3 Å². The van der Waals surface area contributed by atoms with Crippen molar-refractivity contribution in [1.29, 1.82) is 0 Å². The van der Waals surface area contributed by atoms with Gasteiger partial charge in [0.1, 0.15) is 5.82 Å². The minimum Gasteiger partial charge on any atom is -0.369 e. The number of primary amides is 1. The number of benzene rings is 1. The zero-order valence-electron chi connectivity index (χ0n) is 11.0. The Hall–Kier alpha value is -2.14. The summed E-state index contributed by atoms with van der Waals surface area (Å²) >= 11 is 5.74. The standard InChI is InChI=1S/C14H15ClN4O/c1-9(10-5-3-2-4-6-10)7-17-13-11(12(16)20)8-18-14(15)19-13/h2-6,8-9H,7H2,1H3,(H2,16,20)(H,17,18,19)/t9-/m0/s1. The Kier molecular flexibility index (Phi) is 4.53. The number of aromatic nitrogens is 2. The lowest BCUT2D eigenvalue weighted by Crippen LogP contribution is -2.18. The van der Waals surface area contributed by atoms with Gasteiger partial charge < -0.3 is 11.1 Å². The van der Waals surface area contributed by atoms with E-state index in [-0.39, 0.29) is 16.8 Å². The molecule has 5 nitrogen and oxygen atoms in total. The van der Waals surface area contributed by atoms with Crippen LogP contribution in [0.25, 0.3) is 0 Å². The first-order valence-corrected chi connectivity index (χ1v) is 6.57. The summed E-state index contributed by atoms with van der Waals surface area (Å²) in [4.78, 5) is 19.1. The molecule has 20 heavy (non-hydrogen) atoms. The summed E-state index contributed by atoms with van der Waals surface area (Å²) in [6.45, 7) is 2.69. The summed E-state index contributed by atoms with van der Waals surface area (Å²) in [5.74, 6) is 0.0301. The highest BCUT2D eigenvalue weighted by atomic mass is 35.5. The molecule has 2 aromatic rings. The predicted molar refractivity (Wildman–Crippen MR) is 78.9 cm³/mol. The van der Waals surface area contributed by atoms with Gasteiger partial charge in [-0.25, -0.2) is 4.98 Å². The molecule has 0 aliphatic heterocycles. The van der Waals surface area contributed by atoms with Gasteiger partial charge >= 0.3 is 0 Å². The molecule has 2 rings (SSSR count). The maximum absolute atomic E-state index is 11.3. The van der Waals surface area contributed by atoms with Gasteiger partial charge in [0.25, 0.3) is 5.91 Å². The summed E-state index contributed by atoms with van der Waals surface area (Å²) in [5.41, 5.74) is 6.71. The molecule has 104 valence electrons. The fourth-order valence-corrected chi connectivity index (χ4v) is 1.96. The maximum atomic E-state index is 11.3. The van der Waals surface area contributed by atoms with E-state index < -0.39 is 5.91 Å². The molecule has 1 heterocycles. The molecule has 1 atom stereocenters. The van der Waals surface area contributed by atoms with Crippen molar-refractivity contribution in [2.45, 2.75) is 12.8 Å². The van der Waals surface area contributed by atoms with Gasteiger partial charge in [0.05, 0.1) is 5.56 Å². The molecule has 0 bridgehead atoms. The smallest absolute Gasteiger partial charge is 0.254 e. The number of nitrogens with zero attached hydrogens (tertiary/aromatic N) is 2. The number of carbonyl (C=O) groups excluding carboxylic acids is 1. The molecule has 1 amide bonds. The van der Waals surface area contributed by atoms with Gasteiger partial charge in [-0.05, 0) is 23.1 Å². The van der Waals surface area contributed by atoms with Crippen molar-refractivity contribution in [3.05, 3.63) is 52.9 Å². The van der Waals surface area contributed by atoms with Gasteiger partial charge in [-0.15, -0.1) is 0 Å². The van der Waals surface area contributed by atoms with Gasteiger partial charge in [0.15, 0.2) is 0 Å². The second-order valence-electron chi connectivity index (χ2n) is 4.46. The van der Waals surface area contributed by atoms with Crippen molar-refractivity contribution < 1.29 is 4.79 Å². The number of rotatable bonds is 5. The molecule has 6 heteroatoms. The molecule has 0 fully saturated rings. The van der Waals surface area contributed by atoms with Crippen molar-refractivity contribution in [3.8, 4) is 0 Å². The quantitative estimate of drug-likeness (QED) is 0.829. The van der Waals surface area contributed by atoms with Crippen LogP contribution < -0.4 is 11.1 Å².